The van der Waals surface area contributed by atoms with Crippen LogP contribution in [0.1, 0.15) is 12.7 Å². The second kappa shape index (κ2) is 5.82. The molecule has 0 saturated heterocycles. The molecule has 0 aliphatic carbocycles. The van der Waals surface area contributed by atoms with Crippen LogP contribution in [-0.4, -0.2) is 25.7 Å². The Labute approximate surface area is 121 Å². The van der Waals surface area contributed by atoms with Crippen molar-refractivity contribution >= 4 is 28.8 Å². The topological polar surface area (TPSA) is 176 Å². The zero-order valence-electron chi connectivity index (χ0n) is 11.1. The van der Waals surface area contributed by atoms with Crippen molar-refractivity contribution in [1.29, 1.82) is 0 Å². The Morgan fingerprint density at radius 3 is 2.64 bits per heavy atom. The third kappa shape index (κ3) is 3.12. The normalized spacial score (nSPS) is 11.2. The van der Waals surface area contributed by atoms with Gasteiger partial charge in [-0.05, 0) is 13.0 Å². The van der Waals surface area contributed by atoms with E-state index in [1.165, 1.54) is 13.0 Å². The number of benzene rings is 1. The predicted molar refractivity (Wildman–Crippen MR) is 74.3 cm³/mol. The van der Waals surface area contributed by atoms with Gasteiger partial charge in [-0.15, -0.1) is 0 Å². The Hall–Kier alpha value is -3.57. The molecule has 0 radical (unpaired) electrons. The molecule has 2 rings (SSSR count). The van der Waals surface area contributed by atoms with Crippen molar-refractivity contribution in [2.45, 2.75) is 6.92 Å². The number of hydrogen-bond acceptors (Lipinski definition) is 10. The second-order valence-corrected chi connectivity index (χ2v) is 3.98. The zero-order chi connectivity index (χ0) is 16.3. The maximum atomic E-state index is 11.0. The lowest BCUT2D eigenvalue weighted by Gasteiger charge is -2.02. The van der Waals surface area contributed by atoms with Crippen molar-refractivity contribution in [2.24, 2.45) is 5.10 Å². The standard InChI is InChI=1S/C10H9N7O5/c1-5(9-12-10(11)22-15-9)13-14-7-3-2-6(16(18)19)4-8(7)17(20)21/h2-4,14H,1H3,(H2,11,12,15)/b13-5-. The quantitative estimate of drug-likeness (QED) is 0.468. The highest BCUT2D eigenvalue weighted by atomic mass is 16.6. The summed E-state index contributed by atoms with van der Waals surface area (Å²) in [5.74, 6) is 0.106. The van der Waals surface area contributed by atoms with E-state index in [9.17, 15) is 20.2 Å². The lowest BCUT2D eigenvalue weighted by molar-refractivity contribution is -0.393. The van der Waals surface area contributed by atoms with E-state index in [1.54, 1.807) is 0 Å². The van der Waals surface area contributed by atoms with Crippen LogP contribution in [0.2, 0.25) is 0 Å². The van der Waals surface area contributed by atoms with Crippen LogP contribution in [0.3, 0.4) is 0 Å². The van der Waals surface area contributed by atoms with Crippen molar-refractivity contribution in [2.75, 3.05) is 11.2 Å². The number of rotatable bonds is 5. The fourth-order valence-electron chi connectivity index (χ4n) is 1.46. The molecule has 0 aliphatic heterocycles. The molecule has 0 aliphatic rings. The summed E-state index contributed by atoms with van der Waals surface area (Å²) < 4.78 is 4.57. The van der Waals surface area contributed by atoms with Gasteiger partial charge in [-0.25, -0.2) is 0 Å². The molecule has 0 saturated carbocycles. The monoisotopic (exact) mass is 307 g/mol. The summed E-state index contributed by atoms with van der Waals surface area (Å²) in [4.78, 5) is 23.8. The molecule has 0 fully saturated rings. The third-order valence-corrected chi connectivity index (χ3v) is 2.50. The minimum absolute atomic E-state index is 0.0218. The van der Waals surface area contributed by atoms with Gasteiger partial charge in [0.15, 0.2) is 0 Å². The Bertz CT molecular complexity index is 769. The third-order valence-electron chi connectivity index (χ3n) is 2.50. The van der Waals surface area contributed by atoms with Crippen LogP contribution in [0, 0.1) is 20.2 Å². The van der Waals surface area contributed by atoms with Gasteiger partial charge >= 0.3 is 11.7 Å². The van der Waals surface area contributed by atoms with Gasteiger partial charge in [0.25, 0.3) is 5.69 Å². The molecule has 1 aromatic carbocycles. The van der Waals surface area contributed by atoms with Crippen molar-refractivity contribution in [1.82, 2.24) is 10.1 Å². The van der Waals surface area contributed by atoms with E-state index in [0.717, 1.165) is 12.1 Å². The SMILES string of the molecule is C/C(=N/Nc1ccc([N+](=O)[O-])cc1[N+](=O)[O-])c1noc(N)n1. The van der Waals surface area contributed by atoms with E-state index in [1.807, 2.05) is 0 Å². The molecule has 0 unspecified atom stereocenters. The van der Waals surface area contributed by atoms with Gasteiger partial charge in [0.2, 0.25) is 5.82 Å². The number of nitro benzene ring substituents is 2. The number of nitro groups is 2. The summed E-state index contributed by atoms with van der Waals surface area (Å²) >= 11 is 0. The summed E-state index contributed by atoms with van der Waals surface area (Å²) in [5.41, 5.74) is 7.04. The molecule has 0 atom stereocenters. The van der Waals surface area contributed by atoms with E-state index in [-0.39, 0.29) is 23.2 Å². The number of hydrogen-bond donors (Lipinski definition) is 2. The molecular formula is C10H9N7O5. The number of nitrogens with zero attached hydrogens (tertiary/aromatic N) is 5. The van der Waals surface area contributed by atoms with Gasteiger partial charge in [0.1, 0.15) is 11.4 Å². The predicted octanol–water partition coefficient (Wildman–Crippen LogP) is 1.30. The van der Waals surface area contributed by atoms with E-state index in [4.69, 9.17) is 5.73 Å². The fourth-order valence-corrected chi connectivity index (χ4v) is 1.46. The Kier molecular flexibility index (Phi) is 3.92. The zero-order valence-corrected chi connectivity index (χ0v) is 11.1. The molecule has 12 heteroatoms. The minimum Gasteiger partial charge on any atom is -0.351 e. The van der Waals surface area contributed by atoms with Gasteiger partial charge in [-0.2, -0.15) is 10.1 Å². The molecule has 3 N–H and O–H groups in total. The summed E-state index contributed by atoms with van der Waals surface area (Å²) in [5, 5.41) is 29.0. The van der Waals surface area contributed by atoms with Crippen LogP contribution >= 0.6 is 0 Å². The maximum Gasteiger partial charge on any atom is 0.319 e. The van der Waals surface area contributed by atoms with Crippen LogP contribution in [0.15, 0.2) is 27.8 Å². The Balaban J connectivity index is 2.29. The molecular weight excluding hydrogens is 298 g/mol. The van der Waals surface area contributed by atoms with Crippen molar-refractivity contribution in [3.63, 3.8) is 0 Å². The van der Waals surface area contributed by atoms with Crippen LogP contribution < -0.4 is 11.2 Å². The highest BCUT2D eigenvalue weighted by Gasteiger charge is 2.19. The van der Waals surface area contributed by atoms with Crippen molar-refractivity contribution in [3.05, 3.63) is 44.3 Å². The highest BCUT2D eigenvalue weighted by Crippen LogP contribution is 2.28. The summed E-state index contributed by atoms with van der Waals surface area (Å²) in [6.45, 7) is 1.52. The molecule has 2 aromatic rings. The maximum absolute atomic E-state index is 11.0. The molecule has 12 nitrogen and oxygen atoms in total. The van der Waals surface area contributed by atoms with Gasteiger partial charge in [0, 0.05) is 6.07 Å². The molecule has 114 valence electrons. The molecule has 0 amide bonds. The first kappa shape index (κ1) is 14.8. The number of nitrogens with two attached hydrogens (primary N) is 1. The lowest BCUT2D eigenvalue weighted by atomic mass is 10.2. The first-order valence-electron chi connectivity index (χ1n) is 5.71. The van der Waals surface area contributed by atoms with Crippen LogP contribution in [0.25, 0.3) is 0 Å². The number of nitrogen functional groups attached to an aromatic ring is 1. The van der Waals surface area contributed by atoms with Gasteiger partial charge < -0.3 is 10.3 Å². The van der Waals surface area contributed by atoms with Crippen LogP contribution in [0.5, 0.6) is 0 Å². The average Bonchev–Trinajstić information content (AvgIpc) is 2.91. The van der Waals surface area contributed by atoms with Gasteiger partial charge in [0.05, 0.1) is 15.9 Å². The summed E-state index contributed by atoms with van der Waals surface area (Å²) in [6, 6.07) is 2.98. The van der Waals surface area contributed by atoms with E-state index in [2.05, 4.69) is 25.2 Å². The number of anilines is 2. The number of aromatic nitrogens is 2. The van der Waals surface area contributed by atoms with Crippen molar-refractivity contribution < 1.29 is 14.4 Å². The second-order valence-electron chi connectivity index (χ2n) is 3.98. The van der Waals surface area contributed by atoms with Crippen LogP contribution in [0.4, 0.5) is 23.1 Å². The Morgan fingerprint density at radius 1 is 1.36 bits per heavy atom. The highest BCUT2D eigenvalue weighted by molar-refractivity contribution is 5.95. The molecule has 0 spiro atoms. The molecule has 1 aromatic heterocycles. The van der Waals surface area contributed by atoms with E-state index >= 15 is 0 Å². The molecule has 22 heavy (non-hydrogen) atoms. The fraction of sp³-hybridized carbons (Fsp3) is 0.100. The van der Waals surface area contributed by atoms with E-state index < -0.39 is 21.2 Å². The number of hydrazone groups is 1. The minimum atomic E-state index is -0.757. The smallest absolute Gasteiger partial charge is 0.319 e. The van der Waals surface area contributed by atoms with Crippen molar-refractivity contribution in [3.8, 4) is 0 Å². The lowest BCUT2D eigenvalue weighted by Crippen LogP contribution is -2.04. The first-order valence-corrected chi connectivity index (χ1v) is 5.71. The summed E-state index contributed by atoms with van der Waals surface area (Å²) in [7, 11) is 0. The largest absolute Gasteiger partial charge is 0.351 e. The number of non-ortho nitro benzene ring substituents is 1. The number of nitrogens with one attached hydrogen (secondary N) is 1. The van der Waals surface area contributed by atoms with Gasteiger partial charge in [-0.1, -0.05) is 5.16 Å². The first-order chi connectivity index (χ1) is 10.4. The molecule has 0 bridgehead atoms. The van der Waals surface area contributed by atoms with E-state index in [0.29, 0.717) is 0 Å². The van der Waals surface area contributed by atoms with Gasteiger partial charge in [-0.3, -0.25) is 25.7 Å². The van der Waals surface area contributed by atoms with Crippen LogP contribution in [-0.2, 0) is 0 Å². The Morgan fingerprint density at radius 2 is 2.09 bits per heavy atom. The molecule has 1 heterocycles. The summed E-state index contributed by atoms with van der Waals surface area (Å²) in [6.07, 6.45) is 0. The average molecular weight is 307 g/mol.